The third-order valence-corrected chi connectivity index (χ3v) is 5.07. The molecule has 3 aromatic rings. The largest absolute Gasteiger partial charge is 0.416 e. The number of anilines is 1. The van der Waals surface area contributed by atoms with Gasteiger partial charge in [-0.05, 0) is 18.2 Å². The molecule has 0 spiro atoms. The summed E-state index contributed by atoms with van der Waals surface area (Å²) >= 11 is 5.30. The molecule has 0 unspecified atom stereocenters. The lowest BCUT2D eigenvalue weighted by molar-refractivity contribution is -0.137. The fourth-order valence-corrected chi connectivity index (χ4v) is 3.46. The highest BCUT2D eigenvalue weighted by Gasteiger charge is 2.31. The van der Waals surface area contributed by atoms with Gasteiger partial charge in [0.2, 0.25) is 0 Å². The molecule has 0 bridgehead atoms. The van der Waals surface area contributed by atoms with Crippen molar-refractivity contribution in [2.75, 3.05) is 5.32 Å². The van der Waals surface area contributed by atoms with Crippen LogP contribution in [0.15, 0.2) is 83.9 Å². The van der Waals surface area contributed by atoms with Crippen LogP contribution in [-0.2, 0) is 11.0 Å². The third kappa shape index (κ3) is 4.49. The molecule has 31 heavy (non-hydrogen) atoms. The summed E-state index contributed by atoms with van der Waals surface area (Å²) in [6, 6.07) is 21.2. The summed E-state index contributed by atoms with van der Waals surface area (Å²) in [6.45, 7) is 0. The number of amides is 1. The number of thiocarbonyl (C=S) groups is 1. The second-order valence-corrected chi connectivity index (χ2v) is 7.24. The maximum atomic E-state index is 13.0. The molecule has 1 aliphatic heterocycles. The standard InChI is InChI=1S/C23H16F3N3OS/c24-23(25,26)16-10-6-9-15(13-16)22(31)29-20-21(30)27-18-12-5-4-11-17(18)19(28-20)14-7-2-1-3-8-14/h1-13,20H,(H,27,30)(H,29,31)/t20-/m1/s1. The monoisotopic (exact) mass is 439 g/mol. The Morgan fingerprint density at radius 2 is 1.68 bits per heavy atom. The lowest BCUT2D eigenvalue weighted by Gasteiger charge is -2.16. The molecule has 8 heteroatoms. The van der Waals surface area contributed by atoms with E-state index in [0.717, 1.165) is 23.3 Å². The van der Waals surface area contributed by atoms with Crippen molar-refractivity contribution in [3.8, 4) is 0 Å². The maximum absolute atomic E-state index is 13.0. The first-order valence-electron chi connectivity index (χ1n) is 9.34. The van der Waals surface area contributed by atoms with Gasteiger partial charge in [-0.25, -0.2) is 4.99 Å². The number of carbonyl (C=O) groups is 1. The van der Waals surface area contributed by atoms with Gasteiger partial charge in [-0.15, -0.1) is 0 Å². The van der Waals surface area contributed by atoms with Crippen molar-refractivity contribution in [2.24, 2.45) is 4.99 Å². The molecule has 4 nitrogen and oxygen atoms in total. The van der Waals surface area contributed by atoms with Gasteiger partial charge >= 0.3 is 6.18 Å². The second-order valence-electron chi connectivity index (χ2n) is 6.83. The van der Waals surface area contributed by atoms with E-state index in [9.17, 15) is 18.0 Å². The summed E-state index contributed by atoms with van der Waals surface area (Å²) in [7, 11) is 0. The Bertz CT molecular complexity index is 1180. The molecule has 1 atom stereocenters. The van der Waals surface area contributed by atoms with Crippen molar-refractivity contribution in [1.29, 1.82) is 0 Å². The molecule has 0 aliphatic carbocycles. The topological polar surface area (TPSA) is 53.5 Å². The Labute approximate surface area is 181 Å². The molecule has 3 aromatic carbocycles. The van der Waals surface area contributed by atoms with Gasteiger partial charge in [-0.1, -0.05) is 72.9 Å². The van der Waals surface area contributed by atoms with E-state index in [0.29, 0.717) is 11.4 Å². The number of para-hydroxylation sites is 1. The Kier molecular flexibility index (Phi) is 5.56. The van der Waals surface area contributed by atoms with E-state index in [2.05, 4.69) is 15.6 Å². The molecular formula is C23H16F3N3OS. The van der Waals surface area contributed by atoms with E-state index in [1.807, 2.05) is 42.5 Å². The van der Waals surface area contributed by atoms with Crippen molar-refractivity contribution in [1.82, 2.24) is 5.32 Å². The van der Waals surface area contributed by atoms with Crippen molar-refractivity contribution in [3.05, 3.63) is 101 Å². The third-order valence-electron chi connectivity index (χ3n) is 4.71. The predicted molar refractivity (Wildman–Crippen MR) is 117 cm³/mol. The van der Waals surface area contributed by atoms with Gasteiger partial charge in [0, 0.05) is 16.7 Å². The summed E-state index contributed by atoms with van der Waals surface area (Å²) in [6.07, 6.45) is -5.62. The van der Waals surface area contributed by atoms with Gasteiger partial charge in [0.25, 0.3) is 5.91 Å². The van der Waals surface area contributed by atoms with Crippen molar-refractivity contribution in [2.45, 2.75) is 12.3 Å². The van der Waals surface area contributed by atoms with Gasteiger partial charge < -0.3 is 10.6 Å². The van der Waals surface area contributed by atoms with Crippen LogP contribution in [0.3, 0.4) is 0 Å². The summed E-state index contributed by atoms with van der Waals surface area (Å²) in [5.41, 5.74) is 2.01. The SMILES string of the molecule is O=C1Nc2ccccc2C(c2ccccc2)=N[C@@H]1NC(=S)c1cccc(C(F)(F)F)c1. The zero-order chi connectivity index (χ0) is 22.0. The highest BCUT2D eigenvalue weighted by Crippen LogP contribution is 2.30. The molecule has 0 saturated heterocycles. The van der Waals surface area contributed by atoms with Crippen LogP contribution in [0.4, 0.5) is 18.9 Å². The lowest BCUT2D eigenvalue weighted by Crippen LogP contribution is -2.42. The number of carbonyl (C=O) groups excluding carboxylic acids is 1. The minimum absolute atomic E-state index is 0.00614. The molecule has 0 radical (unpaired) electrons. The van der Waals surface area contributed by atoms with E-state index in [4.69, 9.17) is 12.2 Å². The number of rotatable bonds is 3. The van der Waals surface area contributed by atoms with Crippen LogP contribution in [0.25, 0.3) is 0 Å². The number of aliphatic imine (C=N–C) groups is 1. The number of hydrogen-bond acceptors (Lipinski definition) is 3. The van der Waals surface area contributed by atoms with Crippen LogP contribution in [0.2, 0.25) is 0 Å². The van der Waals surface area contributed by atoms with E-state index in [1.165, 1.54) is 12.1 Å². The highest BCUT2D eigenvalue weighted by atomic mass is 32.1. The fraction of sp³-hybridized carbons (Fsp3) is 0.0870. The van der Waals surface area contributed by atoms with Crippen molar-refractivity contribution >= 4 is 34.5 Å². The Balaban J connectivity index is 1.70. The van der Waals surface area contributed by atoms with Crippen molar-refractivity contribution < 1.29 is 18.0 Å². The summed E-state index contributed by atoms with van der Waals surface area (Å²) in [5, 5.41) is 5.61. The summed E-state index contributed by atoms with van der Waals surface area (Å²) in [5.74, 6) is -0.465. The molecule has 2 N–H and O–H groups in total. The minimum atomic E-state index is -4.49. The molecule has 0 fully saturated rings. The number of hydrogen-bond donors (Lipinski definition) is 2. The number of nitrogens with one attached hydrogen (secondary N) is 2. The number of alkyl halides is 3. The van der Waals surface area contributed by atoms with Gasteiger partial charge in [-0.3, -0.25) is 4.79 Å². The highest BCUT2D eigenvalue weighted by molar-refractivity contribution is 7.80. The summed E-state index contributed by atoms with van der Waals surface area (Å²) in [4.78, 5) is 17.4. The van der Waals surface area contributed by atoms with E-state index >= 15 is 0 Å². The first kappa shape index (κ1) is 20.7. The maximum Gasteiger partial charge on any atom is 0.416 e. The lowest BCUT2D eigenvalue weighted by atomic mass is 10.0. The van der Waals surface area contributed by atoms with Crippen LogP contribution >= 0.6 is 12.2 Å². The first-order chi connectivity index (χ1) is 14.8. The number of nitrogens with zero attached hydrogens (tertiary/aromatic N) is 1. The Morgan fingerprint density at radius 1 is 0.968 bits per heavy atom. The molecule has 1 amide bonds. The quantitative estimate of drug-likeness (QED) is 0.578. The first-order valence-corrected chi connectivity index (χ1v) is 9.75. The zero-order valence-corrected chi connectivity index (χ0v) is 16.8. The molecule has 0 aromatic heterocycles. The van der Waals surface area contributed by atoms with E-state index < -0.39 is 23.8 Å². The van der Waals surface area contributed by atoms with Gasteiger partial charge in [0.05, 0.1) is 17.0 Å². The number of benzene rings is 3. The second kappa shape index (κ2) is 8.31. The average Bonchev–Trinajstić information content (AvgIpc) is 2.90. The van der Waals surface area contributed by atoms with Gasteiger partial charge in [0.15, 0.2) is 6.17 Å². The van der Waals surface area contributed by atoms with Crippen LogP contribution in [0, 0.1) is 0 Å². The number of fused-ring (bicyclic) bond motifs is 1. The van der Waals surface area contributed by atoms with E-state index in [-0.39, 0.29) is 10.6 Å². The number of benzodiazepines with no additional fused rings is 1. The summed E-state index contributed by atoms with van der Waals surface area (Å²) < 4.78 is 39.1. The Morgan fingerprint density at radius 3 is 2.42 bits per heavy atom. The zero-order valence-electron chi connectivity index (χ0n) is 16.0. The molecule has 4 rings (SSSR count). The van der Waals surface area contributed by atoms with Crippen LogP contribution in [0.5, 0.6) is 0 Å². The molecular weight excluding hydrogens is 423 g/mol. The van der Waals surface area contributed by atoms with Crippen LogP contribution in [0.1, 0.15) is 22.3 Å². The smallest absolute Gasteiger partial charge is 0.347 e. The Hall–Kier alpha value is -3.52. The van der Waals surface area contributed by atoms with Crippen molar-refractivity contribution in [3.63, 3.8) is 0 Å². The van der Waals surface area contributed by atoms with Gasteiger partial charge in [-0.2, -0.15) is 13.2 Å². The van der Waals surface area contributed by atoms with Crippen LogP contribution < -0.4 is 10.6 Å². The van der Waals surface area contributed by atoms with Crippen LogP contribution in [-0.4, -0.2) is 22.8 Å². The average molecular weight is 439 g/mol. The predicted octanol–water partition coefficient (Wildman–Crippen LogP) is 4.79. The fourth-order valence-electron chi connectivity index (χ4n) is 3.23. The molecule has 1 aliphatic rings. The van der Waals surface area contributed by atoms with E-state index in [1.54, 1.807) is 12.1 Å². The van der Waals surface area contributed by atoms with Gasteiger partial charge in [0.1, 0.15) is 4.99 Å². The normalized spacial score (nSPS) is 15.9. The molecule has 1 heterocycles. The molecule has 156 valence electrons. The molecule has 0 saturated carbocycles. The minimum Gasteiger partial charge on any atom is -0.347 e. The number of halogens is 3.